The maximum atomic E-state index is 13.1. The lowest BCUT2D eigenvalue weighted by Crippen LogP contribution is -2.50. The van der Waals surface area contributed by atoms with Gasteiger partial charge in [-0.15, -0.1) is 0 Å². The number of amides is 2. The number of nitrogens with zero attached hydrogens (tertiary/aromatic N) is 2. The Morgan fingerprint density at radius 2 is 2.00 bits per heavy atom. The summed E-state index contributed by atoms with van der Waals surface area (Å²) in [5, 5.41) is 10.9. The van der Waals surface area contributed by atoms with Gasteiger partial charge >= 0.3 is 12.1 Å². The predicted molar refractivity (Wildman–Crippen MR) is 129 cm³/mol. The second-order valence-electron chi connectivity index (χ2n) is 10.3. The standard InChI is InChI=1S/C26H30N4O4/c1-25(2,3)16-9-10-17-20(14-26(11-6-12-26)34-22(17)13-16)29-23(31)28-19-7-5-8-21-18(19)15-27-30(21)24(32)33-4/h5,7-10,13,15,20H,6,11-12,14H2,1-4H3,(H2,28,29,31). The van der Waals surface area contributed by atoms with Crippen LogP contribution in [0.25, 0.3) is 10.9 Å². The van der Waals surface area contributed by atoms with Gasteiger partial charge in [-0.1, -0.05) is 39.0 Å². The van der Waals surface area contributed by atoms with Crippen molar-refractivity contribution in [1.29, 1.82) is 0 Å². The molecule has 2 N–H and O–H groups in total. The Hall–Kier alpha value is -3.55. The smallest absolute Gasteiger partial charge is 0.434 e. The molecule has 1 aliphatic heterocycles. The number of carbonyl (C=O) groups is 2. The summed E-state index contributed by atoms with van der Waals surface area (Å²) < 4.78 is 12.4. The molecule has 1 spiro atoms. The van der Waals surface area contributed by atoms with Crippen molar-refractivity contribution in [2.24, 2.45) is 0 Å². The molecule has 5 rings (SSSR count). The lowest BCUT2D eigenvalue weighted by molar-refractivity contribution is -0.0355. The SMILES string of the molecule is COC(=O)n1ncc2c(NC(=O)NC3CC4(CCC4)Oc4cc(C(C)(C)C)ccc43)cccc21. The highest BCUT2D eigenvalue weighted by molar-refractivity contribution is 6.02. The molecule has 2 heterocycles. The minimum atomic E-state index is -0.587. The molecule has 2 aliphatic rings. The molecule has 34 heavy (non-hydrogen) atoms. The Morgan fingerprint density at radius 3 is 2.68 bits per heavy atom. The van der Waals surface area contributed by atoms with Crippen LogP contribution >= 0.6 is 0 Å². The predicted octanol–water partition coefficient (Wildman–Crippen LogP) is 5.52. The molecule has 1 saturated carbocycles. The van der Waals surface area contributed by atoms with Gasteiger partial charge in [0.15, 0.2) is 0 Å². The van der Waals surface area contributed by atoms with Crippen molar-refractivity contribution in [2.75, 3.05) is 12.4 Å². The molecule has 1 atom stereocenters. The number of urea groups is 1. The number of methoxy groups -OCH3 is 1. The first-order chi connectivity index (χ1) is 16.2. The summed E-state index contributed by atoms with van der Waals surface area (Å²) in [6, 6.07) is 11.2. The topological polar surface area (TPSA) is 94.5 Å². The number of hydrogen-bond acceptors (Lipinski definition) is 5. The number of benzene rings is 2. The first-order valence-electron chi connectivity index (χ1n) is 11.7. The normalized spacial score (nSPS) is 18.5. The zero-order valence-corrected chi connectivity index (χ0v) is 20.0. The number of rotatable bonds is 2. The Kier molecular flexibility index (Phi) is 5.26. The summed E-state index contributed by atoms with van der Waals surface area (Å²) in [4.78, 5) is 25.0. The van der Waals surface area contributed by atoms with Crippen LogP contribution in [0.1, 0.15) is 63.6 Å². The molecule has 0 saturated heterocycles. The molecule has 0 bridgehead atoms. The molecule has 8 nitrogen and oxygen atoms in total. The van der Waals surface area contributed by atoms with Gasteiger partial charge < -0.3 is 20.1 Å². The highest BCUT2D eigenvalue weighted by Crippen LogP contribution is 2.49. The van der Waals surface area contributed by atoms with E-state index >= 15 is 0 Å². The molecule has 1 fully saturated rings. The summed E-state index contributed by atoms with van der Waals surface area (Å²) in [6.45, 7) is 6.55. The molecule has 1 aliphatic carbocycles. The van der Waals surface area contributed by atoms with Crippen LogP contribution in [0.5, 0.6) is 5.75 Å². The molecular formula is C26H30N4O4. The summed E-state index contributed by atoms with van der Waals surface area (Å²) in [6.07, 6.45) is 4.83. The Labute approximate surface area is 198 Å². The number of aromatic nitrogens is 2. The molecular weight excluding hydrogens is 432 g/mol. The van der Waals surface area contributed by atoms with Crippen LogP contribution < -0.4 is 15.4 Å². The highest BCUT2D eigenvalue weighted by Gasteiger charge is 2.46. The van der Waals surface area contributed by atoms with Crippen LogP contribution in [-0.2, 0) is 10.2 Å². The van der Waals surface area contributed by atoms with Crippen molar-refractivity contribution in [2.45, 2.75) is 63.5 Å². The van der Waals surface area contributed by atoms with Gasteiger partial charge in [0.05, 0.1) is 30.6 Å². The molecule has 8 heteroatoms. The number of nitrogens with one attached hydrogen (secondary N) is 2. The summed E-state index contributed by atoms with van der Waals surface area (Å²) in [5.41, 5.74) is 3.14. The number of ether oxygens (including phenoxy) is 2. The van der Waals surface area contributed by atoms with E-state index in [1.165, 1.54) is 17.4 Å². The number of hydrogen-bond donors (Lipinski definition) is 2. The lowest BCUT2D eigenvalue weighted by atomic mass is 9.72. The zero-order valence-electron chi connectivity index (χ0n) is 20.0. The van der Waals surface area contributed by atoms with Crippen molar-refractivity contribution in [1.82, 2.24) is 15.1 Å². The first kappa shape index (κ1) is 22.3. The first-order valence-corrected chi connectivity index (χ1v) is 11.7. The summed E-state index contributed by atoms with van der Waals surface area (Å²) in [7, 11) is 1.30. The second-order valence-corrected chi connectivity index (χ2v) is 10.3. The molecule has 178 valence electrons. The Bertz CT molecular complexity index is 1270. The monoisotopic (exact) mass is 462 g/mol. The molecule has 1 aromatic heterocycles. The third kappa shape index (κ3) is 3.87. The number of carbonyl (C=O) groups excluding carboxylic acids is 2. The van der Waals surface area contributed by atoms with E-state index in [4.69, 9.17) is 9.47 Å². The van der Waals surface area contributed by atoms with Crippen LogP contribution in [0.3, 0.4) is 0 Å². The van der Waals surface area contributed by atoms with E-state index in [0.29, 0.717) is 16.6 Å². The third-order valence-electron chi connectivity index (χ3n) is 6.94. The molecule has 3 aromatic rings. The van der Waals surface area contributed by atoms with Crippen LogP contribution in [0.4, 0.5) is 15.3 Å². The molecule has 1 unspecified atom stereocenters. The minimum absolute atomic E-state index is 0.0102. The van der Waals surface area contributed by atoms with E-state index < -0.39 is 6.09 Å². The summed E-state index contributed by atoms with van der Waals surface area (Å²) in [5.74, 6) is 0.866. The number of fused-ring (bicyclic) bond motifs is 2. The average Bonchev–Trinajstić information content (AvgIpc) is 3.21. The average molecular weight is 463 g/mol. The van der Waals surface area contributed by atoms with E-state index in [9.17, 15) is 9.59 Å². The largest absolute Gasteiger partial charge is 0.487 e. The fourth-order valence-corrected chi connectivity index (χ4v) is 4.85. The van der Waals surface area contributed by atoms with E-state index in [2.05, 4.69) is 54.7 Å². The maximum Gasteiger partial charge on any atom is 0.434 e. The van der Waals surface area contributed by atoms with Gasteiger partial charge in [0.2, 0.25) is 0 Å². The van der Waals surface area contributed by atoms with Gasteiger partial charge in [-0.05, 0) is 48.4 Å². The van der Waals surface area contributed by atoms with E-state index in [1.54, 1.807) is 24.4 Å². The van der Waals surface area contributed by atoms with Crippen molar-refractivity contribution >= 4 is 28.7 Å². The Morgan fingerprint density at radius 1 is 1.21 bits per heavy atom. The lowest BCUT2D eigenvalue weighted by Gasteiger charge is -2.48. The van der Waals surface area contributed by atoms with Crippen molar-refractivity contribution < 1.29 is 19.1 Å². The summed E-state index contributed by atoms with van der Waals surface area (Å²) >= 11 is 0. The molecule has 2 aromatic carbocycles. The van der Waals surface area contributed by atoms with Crippen molar-refractivity contribution in [3.63, 3.8) is 0 Å². The van der Waals surface area contributed by atoms with E-state index in [1.807, 2.05) is 0 Å². The van der Waals surface area contributed by atoms with Crippen LogP contribution in [-0.4, -0.2) is 34.6 Å². The van der Waals surface area contributed by atoms with Crippen molar-refractivity contribution in [3.05, 3.63) is 53.7 Å². The van der Waals surface area contributed by atoms with Gasteiger partial charge in [-0.2, -0.15) is 9.78 Å². The molecule has 0 radical (unpaired) electrons. The third-order valence-corrected chi connectivity index (χ3v) is 6.94. The van der Waals surface area contributed by atoms with Gasteiger partial charge in [-0.25, -0.2) is 9.59 Å². The van der Waals surface area contributed by atoms with Gasteiger partial charge in [0.25, 0.3) is 0 Å². The van der Waals surface area contributed by atoms with Crippen LogP contribution in [0.2, 0.25) is 0 Å². The molecule has 2 amide bonds. The fraction of sp³-hybridized carbons (Fsp3) is 0.423. The van der Waals surface area contributed by atoms with Crippen LogP contribution in [0.15, 0.2) is 42.6 Å². The van der Waals surface area contributed by atoms with Gasteiger partial charge in [0, 0.05) is 17.4 Å². The Balaban J connectivity index is 1.40. The quantitative estimate of drug-likeness (QED) is 0.523. The highest BCUT2D eigenvalue weighted by atomic mass is 16.5. The van der Waals surface area contributed by atoms with Gasteiger partial charge in [-0.3, -0.25) is 0 Å². The van der Waals surface area contributed by atoms with Gasteiger partial charge in [0.1, 0.15) is 11.4 Å². The van der Waals surface area contributed by atoms with E-state index in [0.717, 1.165) is 37.0 Å². The van der Waals surface area contributed by atoms with Crippen molar-refractivity contribution in [3.8, 4) is 5.75 Å². The fourth-order valence-electron chi connectivity index (χ4n) is 4.85. The van der Waals surface area contributed by atoms with E-state index in [-0.39, 0.29) is 23.1 Å². The maximum absolute atomic E-state index is 13.1. The zero-order chi connectivity index (χ0) is 24.1. The number of anilines is 1. The second kappa shape index (κ2) is 8.04. The minimum Gasteiger partial charge on any atom is -0.487 e. The van der Waals surface area contributed by atoms with Crippen LogP contribution in [0, 0.1) is 0 Å².